The number of carbonyl (C=O) groups is 2. The van der Waals surface area contributed by atoms with Crippen LogP contribution < -0.4 is 0 Å². The summed E-state index contributed by atoms with van der Waals surface area (Å²) in [5.41, 5.74) is 0.732. The Balaban J connectivity index is 2.65. The summed E-state index contributed by atoms with van der Waals surface area (Å²) >= 11 is 1.51. The first-order valence-corrected chi connectivity index (χ1v) is 7.10. The van der Waals surface area contributed by atoms with E-state index in [0.717, 1.165) is 10.7 Å². The summed E-state index contributed by atoms with van der Waals surface area (Å²) < 4.78 is 4.83. The number of thiazole rings is 1. The Hall–Kier alpha value is -1.95. The van der Waals surface area contributed by atoms with Crippen LogP contribution in [0.5, 0.6) is 0 Å². The van der Waals surface area contributed by atoms with Crippen LogP contribution in [0.25, 0.3) is 6.08 Å². The van der Waals surface area contributed by atoms with E-state index in [1.54, 1.807) is 19.1 Å². The second-order valence-corrected chi connectivity index (χ2v) is 5.00. The number of carbonyl (C=O) groups excluding carboxylic acids is 2. The van der Waals surface area contributed by atoms with Crippen molar-refractivity contribution in [3.63, 3.8) is 0 Å². The van der Waals surface area contributed by atoms with Crippen molar-refractivity contribution in [3.05, 3.63) is 34.8 Å². The number of nitrogens with zero attached hydrogens (tertiary/aromatic N) is 2. The molecule has 1 heterocycles. The van der Waals surface area contributed by atoms with Gasteiger partial charge in [0.25, 0.3) is 0 Å². The smallest absolute Gasteiger partial charge is 0.325 e. The molecule has 6 heteroatoms. The average Bonchev–Trinajstić information content (AvgIpc) is 2.81. The molecule has 0 fully saturated rings. The van der Waals surface area contributed by atoms with Crippen molar-refractivity contribution in [3.8, 4) is 0 Å². The summed E-state index contributed by atoms with van der Waals surface area (Å²) in [6, 6.07) is 0. The maximum absolute atomic E-state index is 12.0. The molecule has 0 saturated heterocycles. The molecule has 0 radical (unpaired) electrons. The van der Waals surface area contributed by atoms with E-state index in [1.165, 1.54) is 22.3 Å². The number of esters is 1. The van der Waals surface area contributed by atoms with Gasteiger partial charge < -0.3 is 9.64 Å². The Morgan fingerprint density at radius 2 is 2.30 bits per heavy atom. The van der Waals surface area contributed by atoms with E-state index >= 15 is 0 Å². The number of ether oxygens (including phenoxy) is 1. The molecule has 0 aromatic carbocycles. The molecule has 108 valence electrons. The Labute approximate surface area is 122 Å². The van der Waals surface area contributed by atoms with E-state index in [9.17, 15) is 9.59 Å². The van der Waals surface area contributed by atoms with Gasteiger partial charge in [-0.05, 0) is 19.9 Å². The van der Waals surface area contributed by atoms with E-state index in [0.29, 0.717) is 6.61 Å². The normalized spacial score (nSPS) is 10.5. The van der Waals surface area contributed by atoms with Crippen molar-refractivity contribution < 1.29 is 14.3 Å². The quantitative estimate of drug-likeness (QED) is 0.439. The van der Waals surface area contributed by atoms with Gasteiger partial charge in [-0.1, -0.05) is 6.08 Å². The Kier molecular flexibility index (Phi) is 6.66. The molecule has 0 aliphatic rings. The summed E-state index contributed by atoms with van der Waals surface area (Å²) in [6.45, 7) is 7.70. The van der Waals surface area contributed by atoms with Gasteiger partial charge in [-0.15, -0.1) is 17.9 Å². The topological polar surface area (TPSA) is 59.5 Å². The minimum absolute atomic E-state index is 0.0842. The highest BCUT2D eigenvalue weighted by atomic mass is 32.1. The molecule has 5 nitrogen and oxygen atoms in total. The molecule has 1 rings (SSSR count). The number of aromatic nitrogens is 1. The summed E-state index contributed by atoms with van der Waals surface area (Å²) in [5, 5.41) is 2.80. The van der Waals surface area contributed by atoms with Crippen molar-refractivity contribution in [2.45, 2.75) is 13.8 Å². The van der Waals surface area contributed by atoms with Crippen LogP contribution in [0.15, 0.2) is 24.1 Å². The van der Waals surface area contributed by atoms with Crippen LogP contribution >= 0.6 is 11.3 Å². The highest BCUT2D eigenvalue weighted by Crippen LogP contribution is 2.09. The third kappa shape index (κ3) is 5.36. The van der Waals surface area contributed by atoms with Crippen molar-refractivity contribution >= 4 is 29.3 Å². The van der Waals surface area contributed by atoms with Crippen LogP contribution in [0.3, 0.4) is 0 Å². The number of hydrogen-bond donors (Lipinski definition) is 0. The maximum atomic E-state index is 12.0. The first-order chi connectivity index (χ1) is 9.56. The molecule has 0 aliphatic heterocycles. The summed E-state index contributed by atoms with van der Waals surface area (Å²) in [7, 11) is 0. The lowest BCUT2D eigenvalue weighted by atomic mass is 10.3. The van der Waals surface area contributed by atoms with Crippen LogP contribution in [0.2, 0.25) is 0 Å². The fourth-order valence-corrected chi connectivity index (χ4v) is 2.05. The van der Waals surface area contributed by atoms with Gasteiger partial charge in [-0.3, -0.25) is 9.59 Å². The summed E-state index contributed by atoms with van der Waals surface area (Å²) in [4.78, 5) is 29.0. The van der Waals surface area contributed by atoms with Crippen LogP contribution in [-0.2, 0) is 14.3 Å². The molecule has 1 aromatic heterocycles. The zero-order valence-electron chi connectivity index (χ0n) is 11.7. The van der Waals surface area contributed by atoms with Crippen molar-refractivity contribution in [1.29, 1.82) is 0 Å². The third-order valence-corrected chi connectivity index (χ3v) is 3.11. The molecule has 1 amide bonds. The van der Waals surface area contributed by atoms with Crippen LogP contribution in [0.1, 0.15) is 17.6 Å². The molecular formula is C14H18N2O3S. The maximum Gasteiger partial charge on any atom is 0.325 e. The monoisotopic (exact) mass is 294 g/mol. The van der Waals surface area contributed by atoms with Gasteiger partial charge in [0.1, 0.15) is 6.54 Å². The lowest BCUT2D eigenvalue weighted by Crippen LogP contribution is -2.35. The lowest BCUT2D eigenvalue weighted by molar-refractivity contribution is -0.147. The second kappa shape index (κ2) is 8.27. The predicted molar refractivity (Wildman–Crippen MR) is 79.3 cm³/mol. The van der Waals surface area contributed by atoms with Crippen molar-refractivity contribution in [2.24, 2.45) is 0 Å². The minimum atomic E-state index is -0.430. The highest BCUT2D eigenvalue weighted by molar-refractivity contribution is 7.09. The van der Waals surface area contributed by atoms with Gasteiger partial charge in [0, 0.05) is 18.0 Å². The standard InChI is InChI=1S/C14H18N2O3S/c1-4-8-16(9-14(18)19-5-2)13(17)7-6-12-10-20-11(3)15-12/h4,6-7,10H,1,5,8-9H2,2-3H3/b7-6+. The predicted octanol–water partition coefficient (Wildman–Crippen LogP) is 2.04. The fourth-order valence-electron chi connectivity index (χ4n) is 1.47. The third-order valence-electron chi connectivity index (χ3n) is 2.32. The van der Waals surface area contributed by atoms with E-state index in [1.807, 2.05) is 12.3 Å². The van der Waals surface area contributed by atoms with Crippen LogP contribution in [-0.4, -0.2) is 41.5 Å². The molecular weight excluding hydrogens is 276 g/mol. The van der Waals surface area contributed by atoms with Gasteiger partial charge in [0.05, 0.1) is 17.3 Å². The van der Waals surface area contributed by atoms with Crippen LogP contribution in [0.4, 0.5) is 0 Å². The lowest BCUT2D eigenvalue weighted by Gasteiger charge is -2.17. The molecule has 0 spiro atoms. The van der Waals surface area contributed by atoms with E-state index in [-0.39, 0.29) is 19.0 Å². The van der Waals surface area contributed by atoms with Gasteiger partial charge >= 0.3 is 5.97 Å². The molecule has 20 heavy (non-hydrogen) atoms. The minimum Gasteiger partial charge on any atom is -0.465 e. The zero-order chi connectivity index (χ0) is 15.0. The summed E-state index contributed by atoms with van der Waals surface area (Å²) in [5.74, 6) is -0.704. The van der Waals surface area contributed by atoms with Gasteiger partial charge in [-0.2, -0.15) is 0 Å². The largest absolute Gasteiger partial charge is 0.465 e. The summed E-state index contributed by atoms with van der Waals surface area (Å²) in [6.07, 6.45) is 4.60. The molecule has 0 aliphatic carbocycles. The van der Waals surface area contributed by atoms with E-state index < -0.39 is 5.97 Å². The second-order valence-electron chi connectivity index (χ2n) is 3.94. The molecule has 0 unspecified atom stereocenters. The molecule has 0 atom stereocenters. The van der Waals surface area contributed by atoms with Crippen molar-refractivity contribution in [1.82, 2.24) is 9.88 Å². The first kappa shape index (κ1) is 16.1. The Morgan fingerprint density at radius 1 is 1.55 bits per heavy atom. The zero-order valence-corrected chi connectivity index (χ0v) is 12.5. The number of amides is 1. The Bertz CT molecular complexity index is 508. The molecule has 0 saturated carbocycles. The van der Waals surface area contributed by atoms with Gasteiger partial charge in [0.15, 0.2) is 0 Å². The SMILES string of the molecule is C=CCN(CC(=O)OCC)C(=O)/C=C/c1csc(C)n1. The highest BCUT2D eigenvalue weighted by Gasteiger charge is 2.14. The molecule has 0 N–H and O–H groups in total. The van der Waals surface area contributed by atoms with Crippen molar-refractivity contribution in [2.75, 3.05) is 19.7 Å². The first-order valence-electron chi connectivity index (χ1n) is 6.22. The number of aryl methyl sites for hydroxylation is 1. The van der Waals surface area contributed by atoms with E-state index in [4.69, 9.17) is 4.74 Å². The van der Waals surface area contributed by atoms with Gasteiger partial charge in [-0.25, -0.2) is 4.98 Å². The molecule has 0 bridgehead atoms. The number of rotatable bonds is 7. The van der Waals surface area contributed by atoms with Crippen LogP contribution in [0, 0.1) is 6.92 Å². The molecule has 1 aromatic rings. The Morgan fingerprint density at radius 3 is 2.85 bits per heavy atom. The van der Waals surface area contributed by atoms with Gasteiger partial charge in [0.2, 0.25) is 5.91 Å². The van der Waals surface area contributed by atoms with E-state index in [2.05, 4.69) is 11.6 Å². The average molecular weight is 294 g/mol. The fraction of sp³-hybridized carbons (Fsp3) is 0.357. The number of hydrogen-bond acceptors (Lipinski definition) is 5.